The second kappa shape index (κ2) is 10.4. The third kappa shape index (κ3) is 6.62. The summed E-state index contributed by atoms with van der Waals surface area (Å²) in [5, 5.41) is 16.4. The summed E-state index contributed by atoms with van der Waals surface area (Å²) in [4.78, 5) is 36.4. The lowest BCUT2D eigenvalue weighted by Crippen LogP contribution is -2.30. The van der Waals surface area contributed by atoms with Gasteiger partial charge in [0.2, 0.25) is 0 Å². The van der Waals surface area contributed by atoms with Gasteiger partial charge in [0.1, 0.15) is 5.70 Å². The number of carbonyl (C=O) groups excluding carboxylic acids is 2. The fraction of sp³-hybridized carbons (Fsp3) is 0.154. The van der Waals surface area contributed by atoms with Crippen molar-refractivity contribution >= 4 is 45.2 Å². The van der Waals surface area contributed by atoms with Gasteiger partial charge in [-0.3, -0.25) is 19.7 Å². The van der Waals surface area contributed by atoms with Gasteiger partial charge in [0.15, 0.2) is 0 Å². The Labute approximate surface area is 206 Å². The molecule has 2 amide bonds. The first-order valence-electron chi connectivity index (χ1n) is 10.5. The summed E-state index contributed by atoms with van der Waals surface area (Å²) in [6.45, 7) is 6.25. The topological polar surface area (TPSA) is 101 Å². The van der Waals surface area contributed by atoms with E-state index >= 15 is 0 Å². The number of hydrogen-bond donors (Lipinski definition) is 2. The minimum absolute atomic E-state index is 0.00155. The SMILES string of the molecule is CC(C)(C)c1ccc(C(=O)N/C(=C\c2ccc([N+](=O)[O-])cc2)C(=O)Nc2ccc(Br)cc2)cc1. The second-order valence-electron chi connectivity index (χ2n) is 8.65. The summed E-state index contributed by atoms with van der Waals surface area (Å²) >= 11 is 3.35. The highest BCUT2D eigenvalue weighted by atomic mass is 79.9. The molecule has 174 valence electrons. The number of nitrogens with one attached hydrogen (secondary N) is 2. The van der Waals surface area contributed by atoms with E-state index in [0.717, 1.165) is 10.0 Å². The van der Waals surface area contributed by atoms with Gasteiger partial charge in [-0.1, -0.05) is 48.8 Å². The summed E-state index contributed by atoms with van der Waals surface area (Å²) in [5.74, 6) is -0.972. The standard InChI is InChI=1S/C26H24BrN3O4/c1-26(2,3)19-8-6-18(7-9-19)24(31)29-23(16-17-4-14-22(15-5-17)30(33)34)25(32)28-21-12-10-20(27)11-13-21/h4-16H,1-3H3,(H,28,32)(H,29,31)/b23-16-. The van der Waals surface area contributed by atoms with Crippen LogP contribution in [0.1, 0.15) is 42.3 Å². The predicted octanol–water partition coefficient (Wildman–Crippen LogP) is 6.06. The molecule has 8 heteroatoms. The molecule has 0 aromatic heterocycles. The molecule has 0 atom stereocenters. The lowest BCUT2D eigenvalue weighted by molar-refractivity contribution is -0.384. The number of benzene rings is 3. The lowest BCUT2D eigenvalue weighted by Gasteiger charge is -2.19. The first-order chi connectivity index (χ1) is 16.0. The van der Waals surface area contributed by atoms with Crippen LogP contribution in [0.25, 0.3) is 6.08 Å². The number of nitro groups is 1. The van der Waals surface area contributed by atoms with Crippen LogP contribution < -0.4 is 10.6 Å². The van der Waals surface area contributed by atoms with Crippen LogP contribution >= 0.6 is 15.9 Å². The monoisotopic (exact) mass is 521 g/mol. The molecule has 0 aliphatic rings. The normalized spacial score (nSPS) is 11.6. The molecule has 0 heterocycles. The largest absolute Gasteiger partial charge is 0.321 e. The van der Waals surface area contributed by atoms with Crippen molar-refractivity contribution < 1.29 is 14.5 Å². The van der Waals surface area contributed by atoms with E-state index in [9.17, 15) is 19.7 Å². The summed E-state index contributed by atoms with van der Waals surface area (Å²) < 4.78 is 0.860. The second-order valence-corrected chi connectivity index (χ2v) is 9.56. The number of halogens is 1. The number of non-ortho nitro benzene ring substituents is 1. The van der Waals surface area contributed by atoms with E-state index in [1.165, 1.54) is 30.3 Å². The van der Waals surface area contributed by atoms with Crippen molar-refractivity contribution in [1.29, 1.82) is 0 Å². The minimum atomic E-state index is -0.527. The lowest BCUT2D eigenvalue weighted by atomic mass is 9.87. The van der Waals surface area contributed by atoms with Crippen LogP contribution in [0.2, 0.25) is 0 Å². The van der Waals surface area contributed by atoms with Gasteiger partial charge in [0, 0.05) is 27.9 Å². The molecule has 0 aliphatic heterocycles. The first kappa shape index (κ1) is 24.9. The van der Waals surface area contributed by atoms with Crippen LogP contribution in [0.5, 0.6) is 0 Å². The van der Waals surface area contributed by atoms with Gasteiger partial charge in [-0.05, 0) is 71.1 Å². The minimum Gasteiger partial charge on any atom is -0.321 e. The van der Waals surface area contributed by atoms with Crippen molar-refractivity contribution in [2.24, 2.45) is 0 Å². The Balaban J connectivity index is 1.88. The Morgan fingerprint density at radius 1 is 0.912 bits per heavy atom. The molecule has 0 unspecified atom stereocenters. The number of amides is 2. The Morgan fingerprint density at radius 3 is 2.03 bits per heavy atom. The van der Waals surface area contributed by atoms with E-state index in [0.29, 0.717) is 16.8 Å². The number of rotatable bonds is 6. The molecule has 3 rings (SSSR count). The van der Waals surface area contributed by atoms with Crippen molar-refractivity contribution in [1.82, 2.24) is 5.32 Å². The van der Waals surface area contributed by atoms with Gasteiger partial charge < -0.3 is 10.6 Å². The molecule has 3 aromatic carbocycles. The molecule has 0 spiro atoms. The number of anilines is 1. The van der Waals surface area contributed by atoms with Crippen LogP contribution in [-0.4, -0.2) is 16.7 Å². The van der Waals surface area contributed by atoms with Gasteiger partial charge in [-0.25, -0.2) is 0 Å². The molecule has 7 nitrogen and oxygen atoms in total. The number of nitro benzene ring substituents is 1. The maximum absolute atomic E-state index is 13.0. The number of hydrogen-bond acceptors (Lipinski definition) is 4. The molecule has 0 fully saturated rings. The zero-order valence-electron chi connectivity index (χ0n) is 19.0. The smallest absolute Gasteiger partial charge is 0.272 e. The fourth-order valence-corrected chi connectivity index (χ4v) is 3.33. The molecule has 0 saturated heterocycles. The molecular formula is C26H24BrN3O4. The third-order valence-electron chi connectivity index (χ3n) is 5.02. The summed E-state index contributed by atoms with van der Waals surface area (Å²) in [6.07, 6.45) is 1.47. The quantitative estimate of drug-likeness (QED) is 0.233. The third-order valence-corrected chi connectivity index (χ3v) is 5.55. The van der Waals surface area contributed by atoms with E-state index in [1.54, 1.807) is 36.4 Å². The zero-order chi connectivity index (χ0) is 24.9. The first-order valence-corrected chi connectivity index (χ1v) is 11.3. The molecule has 0 aliphatic carbocycles. The fourth-order valence-electron chi connectivity index (χ4n) is 3.07. The molecular weight excluding hydrogens is 498 g/mol. The summed E-state index contributed by atoms with van der Waals surface area (Å²) in [6, 6.07) is 19.9. The summed E-state index contributed by atoms with van der Waals surface area (Å²) in [7, 11) is 0. The van der Waals surface area contributed by atoms with E-state index in [1.807, 2.05) is 12.1 Å². The highest BCUT2D eigenvalue weighted by molar-refractivity contribution is 9.10. The van der Waals surface area contributed by atoms with Crippen molar-refractivity contribution in [3.8, 4) is 0 Å². The van der Waals surface area contributed by atoms with Gasteiger partial charge in [0.05, 0.1) is 4.92 Å². The number of carbonyl (C=O) groups is 2. The molecule has 0 saturated carbocycles. The van der Waals surface area contributed by atoms with Crippen LogP contribution in [0, 0.1) is 10.1 Å². The van der Waals surface area contributed by atoms with Gasteiger partial charge >= 0.3 is 0 Å². The van der Waals surface area contributed by atoms with E-state index in [4.69, 9.17) is 0 Å². The molecule has 0 radical (unpaired) electrons. The number of nitrogens with zero attached hydrogens (tertiary/aromatic N) is 1. The summed E-state index contributed by atoms with van der Waals surface area (Å²) in [5.41, 5.74) is 2.43. The van der Waals surface area contributed by atoms with Gasteiger partial charge in [0.25, 0.3) is 17.5 Å². The molecule has 0 bridgehead atoms. The Kier molecular flexibility index (Phi) is 7.63. The van der Waals surface area contributed by atoms with Crippen molar-refractivity contribution in [2.45, 2.75) is 26.2 Å². The average molecular weight is 522 g/mol. The van der Waals surface area contributed by atoms with Crippen LogP contribution in [0.4, 0.5) is 11.4 Å². The Hall–Kier alpha value is -3.78. The van der Waals surface area contributed by atoms with Gasteiger partial charge in [-0.2, -0.15) is 0 Å². The van der Waals surface area contributed by atoms with Crippen LogP contribution in [0.15, 0.2) is 83.0 Å². The van der Waals surface area contributed by atoms with E-state index in [-0.39, 0.29) is 16.8 Å². The van der Waals surface area contributed by atoms with E-state index in [2.05, 4.69) is 47.3 Å². The van der Waals surface area contributed by atoms with Gasteiger partial charge in [-0.15, -0.1) is 0 Å². The van der Waals surface area contributed by atoms with E-state index < -0.39 is 16.7 Å². The predicted molar refractivity (Wildman–Crippen MR) is 136 cm³/mol. The zero-order valence-corrected chi connectivity index (χ0v) is 20.5. The maximum atomic E-state index is 13.0. The van der Waals surface area contributed by atoms with Crippen molar-refractivity contribution in [2.75, 3.05) is 5.32 Å². The van der Waals surface area contributed by atoms with Crippen molar-refractivity contribution in [3.63, 3.8) is 0 Å². The Morgan fingerprint density at radius 2 is 1.50 bits per heavy atom. The molecule has 34 heavy (non-hydrogen) atoms. The maximum Gasteiger partial charge on any atom is 0.272 e. The highest BCUT2D eigenvalue weighted by Gasteiger charge is 2.17. The van der Waals surface area contributed by atoms with Crippen molar-refractivity contribution in [3.05, 3.63) is 110 Å². The van der Waals surface area contributed by atoms with Crippen LogP contribution in [-0.2, 0) is 10.2 Å². The molecule has 3 aromatic rings. The average Bonchev–Trinajstić information content (AvgIpc) is 2.80. The Bertz CT molecular complexity index is 1230. The highest BCUT2D eigenvalue weighted by Crippen LogP contribution is 2.22. The van der Waals surface area contributed by atoms with Crippen LogP contribution in [0.3, 0.4) is 0 Å². The molecule has 2 N–H and O–H groups in total.